The number of thioether (sulfide) groups is 2. The molecule has 3 spiro atoms. The van der Waals surface area contributed by atoms with E-state index in [9.17, 15) is 66.7 Å². The van der Waals surface area contributed by atoms with E-state index in [-0.39, 0.29) is 99.3 Å². The van der Waals surface area contributed by atoms with E-state index in [2.05, 4.69) is 0 Å². The van der Waals surface area contributed by atoms with Crippen molar-refractivity contribution in [2.24, 2.45) is 69.5 Å². The molecule has 1 N–H and O–H groups in total. The lowest BCUT2D eigenvalue weighted by atomic mass is 9.47. The SMILES string of the molecule is O=C(OCC1(COC(=O)C23CC4CC(C2)C2(OCC(F)(F)C(F)(F)CO2)C(C4)C3)CSC2(SC1)C1CC3CC2CC(OC(=O)C(F)(F)S(=O)(=O)O)(C3)C1)C12CC3CC(C1)C1(OCC(F)(F)C(F)(F)CO1)C(C3)C2. The van der Waals surface area contributed by atoms with Crippen LogP contribution in [-0.2, 0) is 57.7 Å². The highest BCUT2D eigenvalue weighted by molar-refractivity contribution is 8.18. The van der Waals surface area contributed by atoms with E-state index in [0.29, 0.717) is 51.4 Å². The Morgan fingerprint density at radius 2 is 0.877 bits per heavy atom. The third kappa shape index (κ3) is 7.60. The first kappa shape index (κ1) is 51.9. The molecule has 0 amide bonds. The summed E-state index contributed by atoms with van der Waals surface area (Å²) >= 11 is 3.07. The van der Waals surface area contributed by atoms with Crippen molar-refractivity contribution in [1.29, 1.82) is 0 Å². The maximum atomic E-state index is 14.7. The summed E-state index contributed by atoms with van der Waals surface area (Å²) in [6, 6.07) is 0. The molecule has 26 heteroatoms. The van der Waals surface area contributed by atoms with Gasteiger partial charge in [-0.05, 0) is 126 Å². The highest BCUT2D eigenvalue weighted by Crippen LogP contribution is 2.72. The molecule has 12 aliphatic carbocycles. The molecule has 12 saturated carbocycles. The third-order valence-electron chi connectivity index (χ3n) is 19.9. The van der Waals surface area contributed by atoms with Crippen LogP contribution in [0.15, 0.2) is 0 Å². The molecule has 0 aromatic rings. The first-order chi connectivity index (χ1) is 33.9. The molecule has 0 aromatic heterocycles. The monoisotopic (exact) mass is 1110 g/mol. The van der Waals surface area contributed by atoms with Gasteiger partial charge in [0.05, 0.1) is 20.3 Å². The van der Waals surface area contributed by atoms with Crippen LogP contribution in [0.5, 0.6) is 0 Å². The Hall–Kier alpha value is -1.84. The molecule has 15 fully saturated rings. The van der Waals surface area contributed by atoms with Gasteiger partial charge in [0.2, 0.25) is 0 Å². The number of ether oxygens (including phenoxy) is 7. The Bertz CT molecular complexity index is 2240. The number of halogens is 10. The van der Waals surface area contributed by atoms with E-state index in [1.165, 1.54) is 23.5 Å². The summed E-state index contributed by atoms with van der Waals surface area (Å²) in [7, 11) is -6.12. The molecule has 0 aromatic carbocycles. The van der Waals surface area contributed by atoms with Crippen LogP contribution in [0.1, 0.15) is 96.3 Å². The zero-order chi connectivity index (χ0) is 52.1. The minimum absolute atomic E-state index is 0.0348. The smallest absolute Gasteiger partial charge is 0.464 e. The number of carbonyl (C=O) groups excluding carboxylic acids is 3. The summed E-state index contributed by atoms with van der Waals surface area (Å²) in [5.41, 5.74) is -4.71. The minimum atomic E-state index is -6.12. The van der Waals surface area contributed by atoms with Crippen molar-refractivity contribution in [1.82, 2.24) is 0 Å². The fraction of sp³-hybridized carbons (Fsp3) is 0.936. The molecule has 3 aliphatic heterocycles. The molecule has 12 bridgehead atoms. The van der Waals surface area contributed by atoms with Crippen LogP contribution in [0.4, 0.5) is 43.9 Å². The first-order valence-electron chi connectivity index (χ1n) is 25.1. The highest BCUT2D eigenvalue weighted by Gasteiger charge is 2.74. The molecule has 3 heterocycles. The van der Waals surface area contributed by atoms with Gasteiger partial charge in [-0.1, -0.05) is 0 Å². The molecule has 13 nitrogen and oxygen atoms in total. The number of rotatable bonds is 9. The molecular weight excluding hydrogens is 1060 g/mol. The van der Waals surface area contributed by atoms with Crippen molar-refractivity contribution in [2.45, 2.75) is 147 Å². The molecule has 3 saturated heterocycles. The summed E-state index contributed by atoms with van der Waals surface area (Å²) in [5.74, 6) is -27.6. The van der Waals surface area contributed by atoms with E-state index < -0.39 is 145 Å². The third-order valence-corrected chi connectivity index (χ3v) is 25.1. The number of carbonyl (C=O) groups is 3. The predicted molar refractivity (Wildman–Crippen MR) is 232 cm³/mol. The Morgan fingerprint density at radius 1 is 0.534 bits per heavy atom. The highest BCUT2D eigenvalue weighted by atomic mass is 32.2. The lowest BCUT2D eigenvalue weighted by Crippen LogP contribution is -2.65. The van der Waals surface area contributed by atoms with Gasteiger partial charge in [-0.25, -0.2) is 4.79 Å². The quantitative estimate of drug-likeness (QED) is 0.101. The van der Waals surface area contributed by atoms with Gasteiger partial charge in [-0.3, -0.25) is 14.1 Å². The summed E-state index contributed by atoms with van der Waals surface area (Å²) < 4.78 is 217. The molecule has 73 heavy (non-hydrogen) atoms. The Morgan fingerprint density at radius 3 is 1.23 bits per heavy atom. The largest absolute Gasteiger partial charge is 0.465 e. The second kappa shape index (κ2) is 16.1. The van der Waals surface area contributed by atoms with E-state index in [4.69, 9.17) is 37.7 Å². The molecule has 6 unspecified atom stereocenters. The zero-order valence-electron chi connectivity index (χ0n) is 39.3. The van der Waals surface area contributed by atoms with Gasteiger partial charge in [-0.15, -0.1) is 23.5 Å². The van der Waals surface area contributed by atoms with Crippen molar-refractivity contribution >= 4 is 51.5 Å². The fourth-order valence-corrected chi connectivity index (χ4v) is 21.3. The van der Waals surface area contributed by atoms with Crippen LogP contribution in [0.25, 0.3) is 0 Å². The second-order valence-corrected chi connectivity index (χ2v) is 28.7. The van der Waals surface area contributed by atoms with Crippen LogP contribution in [0, 0.1) is 69.5 Å². The Balaban J connectivity index is 0.780. The summed E-state index contributed by atoms with van der Waals surface area (Å²) in [6.45, 7) is -6.70. The fourth-order valence-electron chi connectivity index (χ4n) is 17.0. The predicted octanol–water partition coefficient (Wildman–Crippen LogP) is 8.52. The summed E-state index contributed by atoms with van der Waals surface area (Å²) in [4.78, 5) is 42.0. The molecule has 15 rings (SSSR count). The Labute approximate surface area is 421 Å². The van der Waals surface area contributed by atoms with Gasteiger partial charge in [0.15, 0.2) is 11.6 Å². The second-order valence-electron chi connectivity index (χ2n) is 24.5. The number of hydrogen-bond donors (Lipinski definition) is 1. The van der Waals surface area contributed by atoms with E-state index >= 15 is 0 Å². The van der Waals surface area contributed by atoms with E-state index in [0.717, 1.165) is 0 Å². The number of alkyl halides is 10. The van der Waals surface area contributed by atoms with Crippen molar-refractivity contribution in [2.75, 3.05) is 51.1 Å². The van der Waals surface area contributed by atoms with Gasteiger partial charge >= 0.3 is 57.0 Å². The summed E-state index contributed by atoms with van der Waals surface area (Å²) in [5, 5.41) is -5.18. The Kier molecular flexibility index (Phi) is 11.5. The van der Waals surface area contributed by atoms with Crippen molar-refractivity contribution in [3.8, 4) is 0 Å². The molecule has 15 aliphatic rings. The van der Waals surface area contributed by atoms with Gasteiger partial charge < -0.3 is 33.2 Å². The number of hydrogen-bond acceptors (Lipinski definition) is 14. The molecule has 0 radical (unpaired) electrons. The minimum Gasteiger partial charge on any atom is -0.464 e. The zero-order valence-corrected chi connectivity index (χ0v) is 41.8. The van der Waals surface area contributed by atoms with Crippen LogP contribution < -0.4 is 0 Å². The van der Waals surface area contributed by atoms with Crippen LogP contribution in [0.2, 0.25) is 0 Å². The van der Waals surface area contributed by atoms with Crippen molar-refractivity contribution in [3.63, 3.8) is 0 Å². The van der Waals surface area contributed by atoms with Crippen molar-refractivity contribution < 1.29 is 104 Å². The van der Waals surface area contributed by atoms with Crippen LogP contribution >= 0.6 is 23.5 Å². The average molecular weight is 1120 g/mol. The molecular formula is C47H56F10O13S3. The van der Waals surface area contributed by atoms with E-state index in [1.807, 2.05) is 0 Å². The van der Waals surface area contributed by atoms with Crippen molar-refractivity contribution in [3.05, 3.63) is 0 Å². The maximum Gasteiger partial charge on any atom is 0.465 e. The lowest BCUT2D eigenvalue weighted by molar-refractivity contribution is -0.346. The van der Waals surface area contributed by atoms with Crippen LogP contribution in [-0.4, -0.2) is 132 Å². The normalized spacial score (nSPS) is 46.5. The molecule has 6 atom stereocenters. The maximum absolute atomic E-state index is 14.7. The van der Waals surface area contributed by atoms with Gasteiger partial charge in [0.1, 0.15) is 45.2 Å². The number of esters is 3. The topological polar surface area (TPSA) is 170 Å². The van der Waals surface area contributed by atoms with Crippen LogP contribution in [0.3, 0.4) is 0 Å². The summed E-state index contributed by atoms with van der Waals surface area (Å²) in [6.07, 6.45) is 4.55. The standard InChI is InChI=1S/C47H56F10O13S3/c48-40(49)18-66-44(67-19-41(40,50)51)27-1-24-2-28(44)11-37(7-24,10-27)33(58)64-16-36(17-65-34(59)38-8-25-3-29(12-38)45(30(4-25)13-38)68-20-42(52,53)43(54,55)21-69-45)22-71-46(72-23-36)31-5-26-6-32(46)15-39(9-26,14-31)70-35(60)47(56,57)73(61,62)63/h24-32H,1-23H2,(H,61,62,63). The van der Waals surface area contributed by atoms with Gasteiger partial charge in [0.25, 0.3) is 0 Å². The van der Waals surface area contributed by atoms with Gasteiger partial charge in [0, 0.05) is 35.2 Å². The van der Waals surface area contributed by atoms with E-state index in [1.54, 1.807) is 0 Å². The lowest BCUT2D eigenvalue weighted by Gasteiger charge is -2.65. The average Bonchev–Trinajstić information content (AvgIpc) is 3.46. The molecule has 410 valence electrons. The first-order valence-corrected chi connectivity index (χ1v) is 28.5. The van der Waals surface area contributed by atoms with Gasteiger partial charge in [-0.2, -0.15) is 52.3 Å².